The first-order chi connectivity index (χ1) is 12.9. The molecule has 9 heteroatoms. The third-order valence-electron chi connectivity index (χ3n) is 3.49. The van der Waals surface area contributed by atoms with E-state index in [1.165, 1.54) is 17.4 Å². The highest BCUT2D eigenvalue weighted by Crippen LogP contribution is 2.24. The Morgan fingerprint density at radius 1 is 1.04 bits per heavy atom. The highest BCUT2D eigenvalue weighted by atomic mass is 35.5. The van der Waals surface area contributed by atoms with E-state index >= 15 is 0 Å². The molecule has 0 aliphatic rings. The minimum atomic E-state index is -0.416. The predicted molar refractivity (Wildman–Crippen MR) is 106 cm³/mol. The summed E-state index contributed by atoms with van der Waals surface area (Å²) in [4.78, 5) is 33.5. The Bertz CT molecular complexity index is 971. The number of carbonyl (C=O) groups is 2. The Labute approximate surface area is 164 Å². The smallest absolute Gasteiger partial charge is 0.269 e. The number of hydrogen-bond acceptors (Lipinski definition) is 6. The van der Waals surface area contributed by atoms with Crippen molar-refractivity contribution in [2.24, 2.45) is 0 Å². The molecule has 7 nitrogen and oxygen atoms in total. The van der Waals surface area contributed by atoms with Crippen molar-refractivity contribution in [3.8, 4) is 0 Å². The van der Waals surface area contributed by atoms with Crippen molar-refractivity contribution in [1.82, 2.24) is 15.4 Å². The van der Waals surface area contributed by atoms with Crippen LogP contribution in [-0.4, -0.2) is 21.8 Å². The molecule has 0 aliphatic heterocycles. The zero-order valence-electron chi connectivity index (χ0n) is 14.5. The predicted octanol–water partition coefficient (Wildman–Crippen LogP) is 3.82. The number of nitrogens with one attached hydrogen (secondary N) is 3. The van der Waals surface area contributed by atoms with Gasteiger partial charge in [-0.05, 0) is 49.6 Å². The number of thiophene rings is 1. The molecule has 0 aliphatic carbocycles. The normalized spacial score (nSPS) is 10.3. The van der Waals surface area contributed by atoms with Crippen molar-refractivity contribution >= 4 is 46.4 Å². The molecule has 2 heterocycles. The second kappa shape index (κ2) is 8.15. The fourth-order valence-electron chi connectivity index (χ4n) is 2.32. The molecule has 0 spiro atoms. The maximum absolute atomic E-state index is 12.4. The monoisotopic (exact) mass is 401 g/mol. The molecule has 0 atom stereocenters. The molecule has 0 unspecified atom stereocenters. The third kappa shape index (κ3) is 4.81. The minimum absolute atomic E-state index is 0.286. The van der Waals surface area contributed by atoms with Crippen LogP contribution in [0.1, 0.15) is 31.4 Å². The third-order valence-corrected chi connectivity index (χ3v) is 4.69. The summed E-state index contributed by atoms with van der Waals surface area (Å²) in [5.74, 6) is -0.409. The van der Waals surface area contributed by atoms with Crippen LogP contribution in [0, 0.1) is 13.8 Å². The van der Waals surface area contributed by atoms with E-state index < -0.39 is 5.91 Å². The van der Waals surface area contributed by atoms with Crippen LogP contribution in [0.2, 0.25) is 5.02 Å². The number of aryl methyl sites for hydroxylation is 2. The quantitative estimate of drug-likeness (QED) is 0.565. The Kier molecular flexibility index (Phi) is 5.68. The fraction of sp³-hybridized carbons (Fsp3) is 0.111. The molecule has 27 heavy (non-hydrogen) atoms. The van der Waals surface area contributed by atoms with Gasteiger partial charge in [0, 0.05) is 17.0 Å². The number of rotatable bonds is 5. The number of carbonyl (C=O) groups excluding carboxylic acids is 2. The molecule has 3 aromatic rings. The number of nitrogens with zero attached hydrogens (tertiary/aromatic N) is 2. The average molecular weight is 402 g/mol. The maximum atomic E-state index is 12.4. The highest BCUT2D eigenvalue weighted by Gasteiger charge is 2.13. The van der Waals surface area contributed by atoms with Gasteiger partial charge in [0.25, 0.3) is 11.8 Å². The van der Waals surface area contributed by atoms with E-state index in [1.54, 1.807) is 29.6 Å². The van der Waals surface area contributed by atoms with Gasteiger partial charge in [0.15, 0.2) is 0 Å². The second-order valence-electron chi connectivity index (χ2n) is 5.68. The van der Waals surface area contributed by atoms with Crippen LogP contribution in [0.4, 0.5) is 11.6 Å². The lowest BCUT2D eigenvalue weighted by atomic mass is 10.2. The van der Waals surface area contributed by atoms with E-state index in [1.807, 2.05) is 19.9 Å². The highest BCUT2D eigenvalue weighted by molar-refractivity contribution is 7.12. The summed E-state index contributed by atoms with van der Waals surface area (Å²) in [5.41, 5.74) is 7.44. The number of hydrogen-bond donors (Lipinski definition) is 3. The molecule has 2 aromatic heterocycles. The molecular formula is C18H16ClN5O2S. The molecule has 138 valence electrons. The van der Waals surface area contributed by atoms with Crippen LogP contribution in [0.3, 0.4) is 0 Å². The molecule has 1 aromatic carbocycles. The van der Waals surface area contributed by atoms with Crippen LogP contribution in [-0.2, 0) is 0 Å². The van der Waals surface area contributed by atoms with Gasteiger partial charge in [-0.1, -0.05) is 17.7 Å². The number of hydrazine groups is 1. The summed E-state index contributed by atoms with van der Waals surface area (Å²) >= 11 is 7.45. The number of anilines is 2. The van der Waals surface area contributed by atoms with Gasteiger partial charge in [-0.25, -0.2) is 9.97 Å². The van der Waals surface area contributed by atoms with Crippen molar-refractivity contribution in [1.29, 1.82) is 0 Å². The Morgan fingerprint density at radius 2 is 1.78 bits per heavy atom. The molecule has 0 fully saturated rings. The van der Waals surface area contributed by atoms with E-state index in [9.17, 15) is 9.59 Å². The van der Waals surface area contributed by atoms with Crippen molar-refractivity contribution < 1.29 is 9.59 Å². The number of aromatic nitrogens is 2. The zero-order chi connectivity index (χ0) is 19.4. The second-order valence-corrected chi connectivity index (χ2v) is 7.03. The van der Waals surface area contributed by atoms with Crippen LogP contribution < -0.4 is 16.2 Å². The molecule has 0 radical (unpaired) electrons. The maximum Gasteiger partial charge on any atom is 0.269 e. The lowest BCUT2D eigenvalue weighted by Crippen LogP contribution is -2.30. The first-order valence-corrected chi connectivity index (χ1v) is 9.21. The summed E-state index contributed by atoms with van der Waals surface area (Å²) in [6.45, 7) is 3.67. The molecule has 0 saturated heterocycles. The van der Waals surface area contributed by atoms with Crippen LogP contribution in [0.25, 0.3) is 0 Å². The minimum Gasteiger partial charge on any atom is -0.320 e. The van der Waals surface area contributed by atoms with Crippen LogP contribution >= 0.6 is 22.9 Å². The molecule has 3 N–H and O–H groups in total. The van der Waals surface area contributed by atoms with Gasteiger partial charge >= 0.3 is 0 Å². The van der Waals surface area contributed by atoms with Gasteiger partial charge in [0.2, 0.25) is 5.95 Å². The van der Waals surface area contributed by atoms with Gasteiger partial charge in [0.1, 0.15) is 0 Å². The van der Waals surface area contributed by atoms with Crippen molar-refractivity contribution in [2.75, 3.05) is 10.7 Å². The Hall–Kier alpha value is -2.97. The summed E-state index contributed by atoms with van der Waals surface area (Å²) in [5, 5.41) is 4.85. The molecule has 3 rings (SSSR count). The molecule has 0 saturated carbocycles. The van der Waals surface area contributed by atoms with E-state index in [-0.39, 0.29) is 5.91 Å². The van der Waals surface area contributed by atoms with Crippen molar-refractivity contribution in [3.05, 3.63) is 68.6 Å². The van der Waals surface area contributed by atoms with Gasteiger partial charge in [-0.2, -0.15) is 0 Å². The standard InChI is InChI=1S/C18H16ClN5O2S/c1-10-8-11(2)21-18(20-10)24-23-16(25)12-5-6-13(19)14(9-12)22-17(26)15-4-3-7-27-15/h3-9H,1-2H3,(H,22,26)(H,23,25)(H,20,21,24). The molecular weight excluding hydrogens is 386 g/mol. The van der Waals surface area contributed by atoms with E-state index in [4.69, 9.17) is 11.6 Å². The summed E-state index contributed by atoms with van der Waals surface area (Å²) in [7, 11) is 0. The largest absolute Gasteiger partial charge is 0.320 e. The lowest BCUT2D eigenvalue weighted by molar-refractivity contribution is 0.0960. The molecule has 2 amide bonds. The van der Waals surface area contributed by atoms with Gasteiger partial charge < -0.3 is 5.32 Å². The Morgan fingerprint density at radius 3 is 2.44 bits per heavy atom. The van der Waals surface area contributed by atoms with E-state index in [0.29, 0.717) is 27.1 Å². The van der Waals surface area contributed by atoms with Crippen LogP contribution in [0.5, 0.6) is 0 Å². The SMILES string of the molecule is Cc1cc(C)nc(NNC(=O)c2ccc(Cl)c(NC(=O)c3cccs3)c2)n1. The van der Waals surface area contributed by atoms with Gasteiger partial charge in [0.05, 0.1) is 15.6 Å². The van der Waals surface area contributed by atoms with E-state index in [2.05, 4.69) is 26.1 Å². The number of amides is 2. The average Bonchev–Trinajstić information content (AvgIpc) is 3.15. The fourth-order valence-corrected chi connectivity index (χ4v) is 3.10. The van der Waals surface area contributed by atoms with Crippen molar-refractivity contribution in [2.45, 2.75) is 13.8 Å². The lowest BCUT2D eigenvalue weighted by Gasteiger charge is -2.11. The van der Waals surface area contributed by atoms with E-state index in [0.717, 1.165) is 11.4 Å². The molecule has 0 bridgehead atoms. The zero-order valence-corrected chi connectivity index (χ0v) is 16.1. The van der Waals surface area contributed by atoms with Gasteiger partial charge in [-0.15, -0.1) is 11.3 Å². The van der Waals surface area contributed by atoms with Crippen LogP contribution in [0.15, 0.2) is 41.8 Å². The summed E-state index contributed by atoms with van der Waals surface area (Å²) < 4.78 is 0. The Balaban J connectivity index is 1.70. The topological polar surface area (TPSA) is 96.0 Å². The first-order valence-electron chi connectivity index (χ1n) is 7.95. The van der Waals surface area contributed by atoms with Crippen molar-refractivity contribution in [3.63, 3.8) is 0 Å². The summed E-state index contributed by atoms with van der Waals surface area (Å²) in [6, 6.07) is 9.93. The van der Waals surface area contributed by atoms with Gasteiger partial charge in [-0.3, -0.25) is 20.4 Å². The summed E-state index contributed by atoms with van der Waals surface area (Å²) in [6.07, 6.45) is 0. The number of benzene rings is 1. The number of halogens is 1. The first kappa shape index (κ1) is 18.8.